The van der Waals surface area contributed by atoms with E-state index in [1.165, 1.54) is 6.07 Å². The highest BCUT2D eigenvalue weighted by Gasteiger charge is 2.29. The Hall–Kier alpha value is -1.21. The summed E-state index contributed by atoms with van der Waals surface area (Å²) in [4.78, 5) is 14.0. The van der Waals surface area contributed by atoms with Gasteiger partial charge in [-0.25, -0.2) is 4.39 Å². The Balaban J connectivity index is 2.16. The third-order valence-electron chi connectivity index (χ3n) is 4.15. The zero-order valence-electron chi connectivity index (χ0n) is 13.9. The fourth-order valence-electron chi connectivity index (χ4n) is 2.93. The van der Waals surface area contributed by atoms with Crippen LogP contribution in [0.1, 0.15) is 31.4 Å². The second-order valence-electron chi connectivity index (χ2n) is 6.02. The number of amides is 1. The molecule has 1 aromatic carbocycles. The summed E-state index contributed by atoms with van der Waals surface area (Å²) in [5, 5.41) is 3.25. The Morgan fingerprint density at radius 2 is 2.38 bits per heavy atom. The number of nitrogens with two attached hydrogens (primary N) is 1. The minimum absolute atomic E-state index is 0.0553. The number of hydrogen-bond donors (Lipinski definition) is 2. The summed E-state index contributed by atoms with van der Waals surface area (Å²) in [7, 11) is 0. The van der Waals surface area contributed by atoms with Crippen molar-refractivity contribution in [1.82, 2.24) is 10.2 Å². The predicted octanol–water partition coefficient (Wildman–Crippen LogP) is 2.10. The van der Waals surface area contributed by atoms with Crippen LogP contribution >= 0.6 is 11.6 Å². The summed E-state index contributed by atoms with van der Waals surface area (Å²) < 4.78 is 20.0. The first-order chi connectivity index (χ1) is 11.5. The van der Waals surface area contributed by atoms with Crippen LogP contribution in [0.5, 0.6) is 0 Å². The van der Waals surface area contributed by atoms with Gasteiger partial charge in [0.05, 0.1) is 18.8 Å². The number of halogens is 2. The van der Waals surface area contributed by atoms with Crippen LogP contribution < -0.4 is 11.1 Å². The molecule has 1 heterocycles. The first-order valence-corrected chi connectivity index (χ1v) is 8.67. The predicted molar refractivity (Wildman–Crippen MR) is 92.4 cm³/mol. The van der Waals surface area contributed by atoms with Gasteiger partial charge >= 0.3 is 0 Å². The lowest BCUT2D eigenvalue weighted by atomic mass is 10.0. The summed E-state index contributed by atoms with van der Waals surface area (Å²) in [5.74, 6) is -0.443. The molecule has 24 heavy (non-hydrogen) atoms. The number of carbonyl (C=O) groups is 1. The molecule has 1 aliphatic heterocycles. The lowest BCUT2D eigenvalue weighted by molar-refractivity contribution is -0.121. The number of nitrogens with zero attached hydrogens (tertiary/aromatic N) is 1. The SMILES string of the molecule is CC1CN(C(CNC(=O)CCCN)c2c(F)cccc2Cl)CCO1. The van der Waals surface area contributed by atoms with Gasteiger partial charge in [0.25, 0.3) is 0 Å². The molecular formula is C17H25ClFN3O2. The van der Waals surface area contributed by atoms with Crippen LogP contribution in [0.15, 0.2) is 18.2 Å². The lowest BCUT2D eigenvalue weighted by Crippen LogP contribution is -2.47. The van der Waals surface area contributed by atoms with E-state index in [1.54, 1.807) is 12.1 Å². The number of ether oxygens (including phenoxy) is 1. The maximum absolute atomic E-state index is 14.4. The molecule has 134 valence electrons. The summed E-state index contributed by atoms with van der Waals surface area (Å²) in [5.41, 5.74) is 5.85. The number of morpholine rings is 1. The number of benzene rings is 1. The zero-order chi connectivity index (χ0) is 17.5. The molecule has 2 unspecified atom stereocenters. The molecule has 0 aromatic heterocycles. The number of carbonyl (C=O) groups excluding carboxylic acids is 1. The standard InChI is InChI=1S/C17H25ClFN3O2/c1-12-11-22(8-9-24-12)15(10-21-16(23)6-3-7-20)17-13(18)4-2-5-14(17)19/h2,4-5,12,15H,3,6-11,20H2,1H3,(H,21,23). The maximum atomic E-state index is 14.4. The lowest BCUT2D eigenvalue weighted by Gasteiger charge is -2.38. The molecule has 5 nitrogen and oxygen atoms in total. The molecule has 7 heteroatoms. The van der Waals surface area contributed by atoms with Crippen molar-refractivity contribution in [2.45, 2.75) is 31.9 Å². The minimum Gasteiger partial charge on any atom is -0.376 e. The van der Waals surface area contributed by atoms with Gasteiger partial charge < -0.3 is 15.8 Å². The van der Waals surface area contributed by atoms with Gasteiger partial charge in [-0.2, -0.15) is 0 Å². The minimum atomic E-state index is -0.358. The molecule has 2 atom stereocenters. The van der Waals surface area contributed by atoms with Crippen molar-refractivity contribution in [1.29, 1.82) is 0 Å². The smallest absolute Gasteiger partial charge is 0.220 e. The van der Waals surface area contributed by atoms with Crippen molar-refractivity contribution in [2.75, 3.05) is 32.8 Å². The number of hydrogen-bond acceptors (Lipinski definition) is 4. The van der Waals surface area contributed by atoms with E-state index in [4.69, 9.17) is 22.1 Å². The van der Waals surface area contributed by atoms with E-state index in [0.717, 1.165) is 0 Å². The van der Waals surface area contributed by atoms with E-state index in [2.05, 4.69) is 10.2 Å². The molecule has 0 radical (unpaired) electrons. The summed E-state index contributed by atoms with van der Waals surface area (Å²) in [6.07, 6.45) is 1.05. The van der Waals surface area contributed by atoms with Crippen LogP contribution in [0.25, 0.3) is 0 Å². The van der Waals surface area contributed by atoms with Crippen LogP contribution in [0.2, 0.25) is 5.02 Å². The first kappa shape index (κ1) is 19.1. The summed E-state index contributed by atoms with van der Waals surface area (Å²) in [6, 6.07) is 4.33. The van der Waals surface area contributed by atoms with Crippen LogP contribution in [-0.2, 0) is 9.53 Å². The van der Waals surface area contributed by atoms with Gasteiger partial charge in [-0.3, -0.25) is 9.69 Å². The second kappa shape index (κ2) is 9.32. The molecule has 0 aliphatic carbocycles. The van der Waals surface area contributed by atoms with Crippen molar-refractivity contribution in [3.05, 3.63) is 34.6 Å². The quantitative estimate of drug-likeness (QED) is 0.784. The van der Waals surface area contributed by atoms with E-state index in [-0.39, 0.29) is 23.9 Å². The average Bonchev–Trinajstić information content (AvgIpc) is 2.55. The van der Waals surface area contributed by atoms with Crippen molar-refractivity contribution in [2.24, 2.45) is 5.73 Å². The fraction of sp³-hybridized carbons (Fsp3) is 0.588. The van der Waals surface area contributed by atoms with Gasteiger partial charge in [0, 0.05) is 36.6 Å². The third-order valence-corrected chi connectivity index (χ3v) is 4.48. The fourth-order valence-corrected chi connectivity index (χ4v) is 3.22. The number of nitrogens with one attached hydrogen (secondary N) is 1. The summed E-state index contributed by atoms with van der Waals surface area (Å²) in [6.45, 7) is 4.65. The molecule has 1 aliphatic rings. The highest BCUT2D eigenvalue weighted by atomic mass is 35.5. The van der Waals surface area contributed by atoms with E-state index in [0.29, 0.717) is 56.2 Å². The normalized spacial score (nSPS) is 19.9. The molecule has 0 spiro atoms. The Bertz CT molecular complexity index is 538. The van der Waals surface area contributed by atoms with E-state index < -0.39 is 0 Å². The Morgan fingerprint density at radius 3 is 3.04 bits per heavy atom. The molecule has 1 aromatic rings. The van der Waals surface area contributed by atoms with Gasteiger partial charge in [0.1, 0.15) is 5.82 Å². The molecule has 3 N–H and O–H groups in total. The Morgan fingerprint density at radius 1 is 1.58 bits per heavy atom. The molecular weight excluding hydrogens is 333 g/mol. The van der Waals surface area contributed by atoms with E-state index >= 15 is 0 Å². The molecule has 1 saturated heterocycles. The molecule has 1 amide bonds. The van der Waals surface area contributed by atoms with Gasteiger partial charge in [0.15, 0.2) is 0 Å². The monoisotopic (exact) mass is 357 g/mol. The van der Waals surface area contributed by atoms with Crippen LogP contribution in [0, 0.1) is 5.82 Å². The van der Waals surface area contributed by atoms with Crippen LogP contribution in [0.4, 0.5) is 4.39 Å². The second-order valence-corrected chi connectivity index (χ2v) is 6.43. The Kier molecular flexibility index (Phi) is 7.42. The van der Waals surface area contributed by atoms with Crippen molar-refractivity contribution in [3.8, 4) is 0 Å². The average molecular weight is 358 g/mol. The maximum Gasteiger partial charge on any atom is 0.220 e. The molecule has 1 fully saturated rings. The van der Waals surface area contributed by atoms with Crippen molar-refractivity contribution < 1.29 is 13.9 Å². The highest BCUT2D eigenvalue weighted by molar-refractivity contribution is 6.31. The van der Waals surface area contributed by atoms with Gasteiger partial charge in [0.2, 0.25) is 5.91 Å². The first-order valence-electron chi connectivity index (χ1n) is 8.29. The van der Waals surface area contributed by atoms with Crippen molar-refractivity contribution in [3.63, 3.8) is 0 Å². The van der Waals surface area contributed by atoms with E-state index in [9.17, 15) is 9.18 Å². The van der Waals surface area contributed by atoms with Crippen LogP contribution in [-0.4, -0.2) is 49.7 Å². The van der Waals surface area contributed by atoms with Crippen molar-refractivity contribution >= 4 is 17.5 Å². The van der Waals surface area contributed by atoms with E-state index in [1.807, 2.05) is 6.92 Å². The van der Waals surface area contributed by atoms with Gasteiger partial charge in [-0.05, 0) is 32.0 Å². The van der Waals surface area contributed by atoms with Crippen LogP contribution in [0.3, 0.4) is 0 Å². The summed E-state index contributed by atoms with van der Waals surface area (Å²) >= 11 is 6.25. The Labute approximate surface area is 147 Å². The topological polar surface area (TPSA) is 67.6 Å². The highest BCUT2D eigenvalue weighted by Crippen LogP contribution is 2.31. The number of rotatable bonds is 7. The van der Waals surface area contributed by atoms with Gasteiger partial charge in [-0.1, -0.05) is 17.7 Å². The molecule has 0 saturated carbocycles. The third kappa shape index (κ3) is 5.14. The molecule has 0 bridgehead atoms. The largest absolute Gasteiger partial charge is 0.376 e. The van der Waals surface area contributed by atoms with Gasteiger partial charge in [-0.15, -0.1) is 0 Å². The zero-order valence-corrected chi connectivity index (χ0v) is 14.7. The molecule has 2 rings (SSSR count).